The van der Waals surface area contributed by atoms with E-state index in [9.17, 15) is 14.4 Å². The van der Waals surface area contributed by atoms with Gasteiger partial charge in [-0.05, 0) is 57.9 Å². The fourth-order valence-corrected chi connectivity index (χ4v) is 3.81. The van der Waals surface area contributed by atoms with Crippen molar-refractivity contribution in [3.8, 4) is 5.75 Å². The molecule has 188 valence electrons. The minimum absolute atomic E-state index is 0.000532. The number of nitrogens with zero attached hydrogens (tertiary/aromatic N) is 2. The van der Waals surface area contributed by atoms with Gasteiger partial charge in [-0.15, -0.1) is 0 Å². The Morgan fingerprint density at radius 2 is 1.71 bits per heavy atom. The summed E-state index contributed by atoms with van der Waals surface area (Å²) in [6.07, 6.45) is 7.33. The van der Waals surface area contributed by atoms with E-state index in [2.05, 4.69) is 0 Å². The average Bonchev–Trinajstić information content (AvgIpc) is 3.05. The number of methoxy groups -OCH3 is 2. The summed E-state index contributed by atoms with van der Waals surface area (Å²) >= 11 is 0. The molecule has 2 aliphatic rings. The topological polar surface area (TPSA) is 94.6 Å². The van der Waals surface area contributed by atoms with Crippen LogP contribution in [-0.2, 0) is 23.8 Å². The minimum atomic E-state index is -0.704. The Kier molecular flexibility index (Phi) is 8.22. The highest BCUT2D eigenvalue weighted by molar-refractivity contribution is 6.05. The molecule has 1 unspecified atom stereocenters. The predicted octanol–water partition coefficient (Wildman–Crippen LogP) is 3.95. The van der Waals surface area contributed by atoms with E-state index in [1.807, 2.05) is 26.8 Å². The summed E-state index contributed by atoms with van der Waals surface area (Å²) in [5.74, 6) is -0.889. The lowest BCUT2D eigenvalue weighted by Crippen LogP contribution is -2.46. The van der Waals surface area contributed by atoms with E-state index in [0.29, 0.717) is 24.5 Å². The number of anilines is 1. The Morgan fingerprint density at radius 1 is 1.00 bits per heavy atom. The van der Waals surface area contributed by atoms with Crippen LogP contribution in [0, 0.1) is 0 Å². The van der Waals surface area contributed by atoms with Gasteiger partial charge in [0.15, 0.2) is 0 Å². The van der Waals surface area contributed by atoms with E-state index in [1.54, 1.807) is 46.4 Å². The Labute approximate surface area is 205 Å². The van der Waals surface area contributed by atoms with E-state index in [0.717, 1.165) is 12.8 Å². The van der Waals surface area contributed by atoms with Gasteiger partial charge in [-0.2, -0.15) is 0 Å². The lowest BCUT2D eigenvalue weighted by atomic mass is 10.1. The number of carbonyl (C=O) groups excluding carboxylic acids is 3. The molecule has 1 amide bonds. The summed E-state index contributed by atoms with van der Waals surface area (Å²) in [6.45, 7) is 6.45. The third-order valence-electron chi connectivity index (χ3n) is 5.34. The number of esters is 2. The third-order valence-corrected chi connectivity index (χ3v) is 5.34. The van der Waals surface area contributed by atoms with E-state index >= 15 is 0 Å². The Morgan fingerprint density at radius 3 is 2.40 bits per heavy atom. The first-order valence-electron chi connectivity index (χ1n) is 11.4. The van der Waals surface area contributed by atoms with Gasteiger partial charge >= 0.3 is 18.0 Å². The summed E-state index contributed by atoms with van der Waals surface area (Å²) in [5, 5.41) is 0. The van der Waals surface area contributed by atoms with Crippen molar-refractivity contribution in [3.63, 3.8) is 0 Å². The van der Waals surface area contributed by atoms with Crippen LogP contribution in [-0.4, -0.2) is 61.9 Å². The summed E-state index contributed by atoms with van der Waals surface area (Å²) in [4.78, 5) is 41.0. The van der Waals surface area contributed by atoms with Crippen molar-refractivity contribution >= 4 is 23.7 Å². The maximum absolute atomic E-state index is 12.8. The van der Waals surface area contributed by atoms with Crippen molar-refractivity contribution in [2.45, 2.75) is 45.3 Å². The number of ether oxygens (including phenoxy) is 4. The molecule has 3 rings (SSSR count). The molecule has 0 spiro atoms. The Hall–Kier alpha value is -3.75. The third kappa shape index (κ3) is 6.44. The van der Waals surface area contributed by atoms with Crippen LogP contribution in [0.2, 0.25) is 0 Å². The first kappa shape index (κ1) is 25.9. The molecule has 2 aliphatic heterocycles. The van der Waals surface area contributed by atoms with E-state index in [4.69, 9.17) is 18.9 Å². The van der Waals surface area contributed by atoms with Crippen molar-refractivity contribution in [1.29, 1.82) is 0 Å². The molecule has 0 aromatic heterocycles. The first-order valence-corrected chi connectivity index (χ1v) is 11.4. The van der Waals surface area contributed by atoms with E-state index < -0.39 is 17.5 Å². The first-order chi connectivity index (χ1) is 16.6. The van der Waals surface area contributed by atoms with Crippen molar-refractivity contribution in [2.24, 2.45) is 0 Å². The number of amides is 1. The highest BCUT2D eigenvalue weighted by Gasteiger charge is 2.31. The van der Waals surface area contributed by atoms with Crippen molar-refractivity contribution in [1.82, 2.24) is 4.90 Å². The molecule has 35 heavy (non-hydrogen) atoms. The number of para-hydroxylation sites is 2. The quantitative estimate of drug-likeness (QED) is 0.458. The highest BCUT2D eigenvalue weighted by Crippen LogP contribution is 2.35. The van der Waals surface area contributed by atoms with Gasteiger partial charge < -0.3 is 28.7 Å². The van der Waals surface area contributed by atoms with Crippen molar-refractivity contribution in [2.75, 3.05) is 32.2 Å². The molecule has 0 radical (unpaired) electrons. The van der Waals surface area contributed by atoms with Gasteiger partial charge in [-0.3, -0.25) is 0 Å². The zero-order valence-corrected chi connectivity index (χ0v) is 20.8. The molecule has 1 aromatic carbocycles. The second-order valence-electron chi connectivity index (χ2n) is 9.09. The second kappa shape index (κ2) is 11.1. The molecule has 0 saturated carbocycles. The molecule has 1 atom stereocenters. The minimum Gasteiger partial charge on any atom is -0.486 e. The molecule has 1 aromatic rings. The number of benzene rings is 1. The molecule has 0 N–H and O–H groups in total. The van der Waals surface area contributed by atoms with Crippen LogP contribution >= 0.6 is 0 Å². The summed E-state index contributed by atoms with van der Waals surface area (Å²) < 4.78 is 21.7. The molecule has 0 aliphatic carbocycles. The van der Waals surface area contributed by atoms with Crippen molar-refractivity contribution in [3.05, 3.63) is 60.0 Å². The van der Waals surface area contributed by atoms with Gasteiger partial charge in [-0.25, -0.2) is 14.4 Å². The molecule has 9 nitrogen and oxygen atoms in total. The van der Waals surface area contributed by atoms with E-state index in [1.165, 1.54) is 20.3 Å². The van der Waals surface area contributed by atoms with Gasteiger partial charge in [0, 0.05) is 12.7 Å². The van der Waals surface area contributed by atoms with Crippen LogP contribution in [0.5, 0.6) is 5.75 Å². The molecule has 9 heteroatoms. The Bertz CT molecular complexity index is 1050. The van der Waals surface area contributed by atoms with Crippen LogP contribution in [0.4, 0.5) is 10.5 Å². The van der Waals surface area contributed by atoms with Gasteiger partial charge in [0.25, 0.3) is 0 Å². The lowest BCUT2D eigenvalue weighted by Gasteiger charge is -2.35. The van der Waals surface area contributed by atoms with Gasteiger partial charge in [-0.1, -0.05) is 18.2 Å². The van der Waals surface area contributed by atoms with Crippen molar-refractivity contribution < 1.29 is 33.3 Å². The number of carbonyl (C=O) groups is 3. The second-order valence-corrected chi connectivity index (χ2v) is 9.09. The predicted molar refractivity (Wildman–Crippen MR) is 130 cm³/mol. The molecule has 1 saturated heterocycles. The number of rotatable bonds is 5. The van der Waals surface area contributed by atoms with Gasteiger partial charge in [0.1, 0.15) is 23.2 Å². The zero-order chi connectivity index (χ0) is 25.6. The lowest BCUT2D eigenvalue weighted by molar-refractivity contribution is -0.139. The monoisotopic (exact) mass is 484 g/mol. The molecule has 0 bridgehead atoms. The SMILES string of the molecule is COC(=O)C1=C(C(=O)OC)N(c2ccccc2OC2CCCN(C(=O)OC(C)(C)C)C2)C=CC=C1. The fourth-order valence-electron chi connectivity index (χ4n) is 3.81. The van der Waals surface area contributed by atoms with Crippen LogP contribution in [0.25, 0.3) is 0 Å². The van der Waals surface area contributed by atoms with Crippen LogP contribution < -0.4 is 9.64 Å². The smallest absolute Gasteiger partial charge is 0.410 e. The molecular formula is C26H32N2O7. The molecular weight excluding hydrogens is 452 g/mol. The standard InChI is InChI=1S/C26H32N2O7/c1-26(2,3)35-25(31)27-15-10-11-18(17-27)34-21-14-7-6-13-20(21)28-16-9-8-12-19(23(29)32-4)22(28)24(30)33-5/h6-9,12-14,16,18H,10-11,15,17H2,1-5H3. The number of piperidine rings is 1. The molecule has 1 fully saturated rings. The number of likely N-dealkylation sites (tertiary alicyclic amines) is 1. The van der Waals surface area contributed by atoms with Crippen LogP contribution in [0.1, 0.15) is 33.6 Å². The average molecular weight is 485 g/mol. The van der Waals surface area contributed by atoms with E-state index in [-0.39, 0.29) is 23.5 Å². The normalized spacial score (nSPS) is 18.1. The molecule has 2 heterocycles. The van der Waals surface area contributed by atoms with Crippen LogP contribution in [0.15, 0.2) is 60.0 Å². The number of allylic oxidation sites excluding steroid dienone is 2. The maximum Gasteiger partial charge on any atom is 0.410 e. The Balaban J connectivity index is 1.91. The van der Waals surface area contributed by atoms with Gasteiger partial charge in [0.05, 0.1) is 32.0 Å². The van der Waals surface area contributed by atoms with Crippen LogP contribution in [0.3, 0.4) is 0 Å². The largest absolute Gasteiger partial charge is 0.486 e. The summed E-state index contributed by atoms with van der Waals surface area (Å²) in [6, 6.07) is 7.17. The highest BCUT2D eigenvalue weighted by atomic mass is 16.6. The summed E-state index contributed by atoms with van der Waals surface area (Å²) in [7, 11) is 2.49. The zero-order valence-electron chi connectivity index (χ0n) is 20.8. The number of hydrogen-bond acceptors (Lipinski definition) is 8. The number of hydrogen-bond donors (Lipinski definition) is 0. The van der Waals surface area contributed by atoms with Gasteiger partial charge in [0.2, 0.25) is 0 Å². The maximum atomic E-state index is 12.8. The summed E-state index contributed by atoms with van der Waals surface area (Å²) in [5.41, 5.74) is -0.00511. The fraction of sp³-hybridized carbons (Fsp3) is 0.423.